The lowest BCUT2D eigenvalue weighted by Gasteiger charge is -2.36. The molecule has 266 valence electrons. The minimum absolute atomic E-state index is 0.00285. The van der Waals surface area contributed by atoms with Gasteiger partial charge >= 0.3 is 0 Å². The molecule has 0 bridgehead atoms. The van der Waals surface area contributed by atoms with Crippen molar-refractivity contribution in [1.29, 1.82) is 0 Å². The van der Waals surface area contributed by atoms with Crippen LogP contribution in [0.5, 0.6) is 0 Å². The van der Waals surface area contributed by atoms with Gasteiger partial charge in [0.2, 0.25) is 10.0 Å². The topological polar surface area (TPSA) is 110 Å². The summed E-state index contributed by atoms with van der Waals surface area (Å²) >= 11 is 0. The van der Waals surface area contributed by atoms with E-state index >= 15 is 0 Å². The van der Waals surface area contributed by atoms with E-state index in [1.165, 1.54) is 50.9 Å². The van der Waals surface area contributed by atoms with Crippen LogP contribution in [0.15, 0.2) is 60.7 Å². The summed E-state index contributed by atoms with van der Waals surface area (Å²) in [6.45, 7) is 5.42. The minimum Gasteiger partial charge on any atom is -0.376 e. The zero-order valence-electron chi connectivity index (χ0n) is 28.6. The molecule has 1 N–H and O–H groups in total. The van der Waals surface area contributed by atoms with E-state index in [1.54, 1.807) is 22.9 Å². The van der Waals surface area contributed by atoms with E-state index in [2.05, 4.69) is 14.5 Å². The largest absolute Gasteiger partial charge is 0.376 e. The molecule has 0 radical (unpaired) electrons. The Morgan fingerprint density at radius 3 is 2.36 bits per heavy atom. The molecule has 3 aliphatic rings. The van der Waals surface area contributed by atoms with Gasteiger partial charge < -0.3 is 14.5 Å². The lowest BCUT2D eigenvalue weighted by molar-refractivity contribution is 0.0976. The van der Waals surface area contributed by atoms with E-state index in [0.717, 1.165) is 74.1 Å². The van der Waals surface area contributed by atoms with Crippen LogP contribution in [-0.2, 0) is 21.4 Å². The summed E-state index contributed by atoms with van der Waals surface area (Å²) in [5.74, 6) is -0.636. The number of ether oxygens (including phenoxy) is 1. The number of rotatable bonds is 13. The molecule has 0 unspecified atom stereocenters. The van der Waals surface area contributed by atoms with Crippen molar-refractivity contribution in [1.82, 2.24) is 24.4 Å². The number of fused-ring (bicyclic) bond motifs is 1. The van der Waals surface area contributed by atoms with Crippen molar-refractivity contribution in [2.75, 3.05) is 50.0 Å². The predicted molar refractivity (Wildman–Crippen MR) is 193 cm³/mol. The van der Waals surface area contributed by atoms with Gasteiger partial charge in [0, 0.05) is 19.0 Å². The molecule has 4 heterocycles. The number of piperidine rings is 2. The van der Waals surface area contributed by atoms with Crippen molar-refractivity contribution in [3.63, 3.8) is 0 Å². The first-order valence-corrected chi connectivity index (χ1v) is 19.8. The van der Waals surface area contributed by atoms with Gasteiger partial charge in [0.25, 0.3) is 5.91 Å². The molecule has 0 spiro atoms. The summed E-state index contributed by atoms with van der Waals surface area (Å²) in [6, 6.07) is 17.3. The summed E-state index contributed by atoms with van der Waals surface area (Å²) in [6.07, 6.45) is 10.4. The maximum absolute atomic E-state index is 14.0. The molecular formula is C38H47FN6O4S. The third-order valence-corrected chi connectivity index (χ3v) is 11.8. The number of anilines is 1. The zero-order valence-corrected chi connectivity index (χ0v) is 29.4. The Morgan fingerprint density at radius 2 is 1.66 bits per heavy atom. The molecule has 7 rings (SSSR count). The van der Waals surface area contributed by atoms with Crippen LogP contribution >= 0.6 is 0 Å². The molecule has 3 fully saturated rings. The minimum atomic E-state index is -4.01. The lowest BCUT2D eigenvalue weighted by atomic mass is 9.81. The summed E-state index contributed by atoms with van der Waals surface area (Å²) in [5, 5.41) is 5.93. The van der Waals surface area contributed by atoms with Gasteiger partial charge in [-0.1, -0.05) is 43.2 Å². The van der Waals surface area contributed by atoms with Gasteiger partial charge in [-0.2, -0.15) is 5.10 Å². The molecule has 12 heteroatoms. The molecule has 1 amide bonds. The third kappa shape index (κ3) is 8.19. The Bertz CT molecular complexity index is 1870. The van der Waals surface area contributed by atoms with Crippen LogP contribution < -0.4 is 9.62 Å². The molecule has 1 saturated carbocycles. The Kier molecular flexibility index (Phi) is 10.8. The van der Waals surface area contributed by atoms with Crippen molar-refractivity contribution in [2.45, 2.75) is 70.3 Å². The normalized spacial score (nSPS) is 18.0. The molecule has 50 heavy (non-hydrogen) atoms. The number of hydrogen-bond acceptors (Lipinski definition) is 8. The SMILES string of the molecule is O=C(NS(=O)(=O)CCOCc1ccccc1)c1cc(N2CCC(CCN3CCCCC3)CC2)c2c(C3CCC3)nn(-c3ccc(F)cc3)c2n1. The van der Waals surface area contributed by atoms with Crippen LogP contribution in [0.4, 0.5) is 10.1 Å². The van der Waals surface area contributed by atoms with E-state index in [0.29, 0.717) is 17.3 Å². The fourth-order valence-corrected chi connectivity index (χ4v) is 8.23. The number of hydrogen-bond donors (Lipinski definition) is 1. The molecule has 2 aromatic carbocycles. The second kappa shape index (κ2) is 15.6. The average Bonchev–Trinajstić information content (AvgIpc) is 3.48. The molecule has 2 aliphatic heterocycles. The standard InChI is InChI=1S/C38H47FN6O4S/c39-31-12-14-32(15-13-31)45-37-35(36(41-45)30-10-7-11-30)34(44-22-17-28(18-23-44)16-21-43-19-5-2-6-20-43)26-33(40-37)38(46)42-50(47,48)25-24-49-27-29-8-3-1-4-9-29/h1,3-4,8-9,12-15,26,28,30H,2,5-7,10-11,16-25,27H2,(H,42,46). The number of nitrogens with zero attached hydrogens (tertiary/aromatic N) is 5. The first-order valence-electron chi connectivity index (χ1n) is 18.2. The molecule has 0 atom stereocenters. The number of nitrogens with one attached hydrogen (secondary N) is 1. The van der Waals surface area contributed by atoms with Gasteiger partial charge in [0.1, 0.15) is 11.5 Å². The molecule has 2 aromatic heterocycles. The smallest absolute Gasteiger partial charge is 0.283 e. The number of halogens is 1. The van der Waals surface area contributed by atoms with Crippen molar-refractivity contribution in [2.24, 2.45) is 5.92 Å². The molecule has 1 aliphatic carbocycles. The van der Waals surface area contributed by atoms with Crippen molar-refractivity contribution in [3.8, 4) is 5.69 Å². The summed E-state index contributed by atoms with van der Waals surface area (Å²) < 4.78 is 49.5. The number of carbonyl (C=O) groups is 1. The fraction of sp³-hybridized carbons (Fsp3) is 0.500. The average molecular weight is 703 g/mol. The summed E-state index contributed by atoms with van der Waals surface area (Å²) in [7, 11) is -4.01. The number of benzene rings is 2. The van der Waals surface area contributed by atoms with Gasteiger partial charge in [-0.3, -0.25) is 4.79 Å². The van der Waals surface area contributed by atoms with Gasteiger partial charge in [-0.15, -0.1) is 0 Å². The van der Waals surface area contributed by atoms with E-state index in [9.17, 15) is 17.6 Å². The first kappa shape index (κ1) is 34.6. The van der Waals surface area contributed by atoms with Crippen LogP contribution in [0, 0.1) is 11.7 Å². The fourth-order valence-electron chi connectivity index (χ4n) is 7.41. The van der Waals surface area contributed by atoms with Gasteiger partial charge in [0.15, 0.2) is 5.65 Å². The quantitative estimate of drug-likeness (QED) is 0.164. The van der Waals surface area contributed by atoms with Crippen LogP contribution in [0.3, 0.4) is 0 Å². The maximum Gasteiger partial charge on any atom is 0.283 e. The third-order valence-electron chi connectivity index (χ3n) is 10.6. The summed E-state index contributed by atoms with van der Waals surface area (Å²) in [5.41, 5.74) is 3.81. The number of sulfonamides is 1. The number of amides is 1. The second-order valence-electron chi connectivity index (χ2n) is 14.0. The van der Waals surface area contributed by atoms with Gasteiger partial charge in [-0.05, 0) is 106 Å². The van der Waals surface area contributed by atoms with Gasteiger partial charge in [-0.25, -0.2) is 27.2 Å². The van der Waals surface area contributed by atoms with Crippen LogP contribution in [0.25, 0.3) is 16.7 Å². The first-order chi connectivity index (χ1) is 24.3. The molecule has 4 aromatic rings. The summed E-state index contributed by atoms with van der Waals surface area (Å²) in [4.78, 5) is 23.4. The van der Waals surface area contributed by atoms with E-state index in [1.807, 2.05) is 30.3 Å². The highest BCUT2D eigenvalue weighted by atomic mass is 32.2. The Labute approximate surface area is 294 Å². The van der Waals surface area contributed by atoms with Crippen molar-refractivity contribution < 1.29 is 22.3 Å². The predicted octanol–water partition coefficient (Wildman–Crippen LogP) is 6.20. The Balaban J connectivity index is 1.15. The second-order valence-corrected chi connectivity index (χ2v) is 15.9. The molecule has 2 saturated heterocycles. The van der Waals surface area contributed by atoms with Gasteiger partial charge in [0.05, 0.1) is 41.4 Å². The van der Waals surface area contributed by atoms with E-state index < -0.39 is 15.9 Å². The zero-order chi connectivity index (χ0) is 34.5. The highest BCUT2D eigenvalue weighted by Crippen LogP contribution is 2.43. The lowest BCUT2D eigenvalue weighted by Crippen LogP contribution is -2.37. The Hall–Kier alpha value is -3.87. The van der Waals surface area contributed by atoms with E-state index in [-0.39, 0.29) is 36.4 Å². The monoisotopic (exact) mass is 702 g/mol. The van der Waals surface area contributed by atoms with Crippen molar-refractivity contribution >= 4 is 32.7 Å². The number of likely N-dealkylation sites (tertiary alicyclic amines) is 1. The van der Waals surface area contributed by atoms with Crippen molar-refractivity contribution in [3.05, 3.63) is 83.4 Å². The Morgan fingerprint density at radius 1 is 0.920 bits per heavy atom. The van der Waals surface area contributed by atoms with Crippen LogP contribution in [-0.4, -0.2) is 79.1 Å². The highest BCUT2D eigenvalue weighted by Gasteiger charge is 2.32. The molecule has 10 nitrogen and oxygen atoms in total. The van der Waals surface area contributed by atoms with Crippen LogP contribution in [0.2, 0.25) is 0 Å². The van der Waals surface area contributed by atoms with E-state index in [4.69, 9.17) is 14.8 Å². The highest BCUT2D eigenvalue weighted by molar-refractivity contribution is 7.90. The maximum atomic E-state index is 14.0. The number of carbonyl (C=O) groups excluding carboxylic acids is 1. The number of aromatic nitrogens is 3. The molecular weight excluding hydrogens is 656 g/mol. The van der Waals surface area contributed by atoms with Crippen LogP contribution in [0.1, 0.15) is 85.5 Å². The number of pyridine rings is 1.